The molecule has 0 aromatic carbocycles. The van der Waals surface area contributed by atoms with Gasteiger partial charge in [0.15, 0.2) is 5.82 Å². The van der Waals surface area contributed by atoms with Crippen molar-refractivity contribution < 1.29 is 27.9 Å². The van der Waals surface area contributed by atoms with Crippen LogP contribution in [0.4, 0.5) is 13.2 Å². The van der Waals surface area contributed by atoms with E-state index in [9.17, 15) is 22.8 Å². The van der Waals surface area contributed by atoms with Gasteiger partial charge in [-0.2, -0.15) is 13.2 Å². The van der Waals surface area contributed by atoms with Gasteiger partial charge in [0.05, 0.1) is 18.4 Å². The van der Waals surface area contributed by atoms with Crippen LogP contribution in [0.2, 0.25) is 0 Å². The van der Waals surface area contributed by atoms with Gasteiger partial charge in [-0.05, 0) is 6.42 Å². The normalized spacial score (nSPS) is 24.6. The number of carboxylic acids is 1. The molecule has 1 aromatic rings. The van der Waals surface area contributed by atoms with E-state index in [-0.39, 0.29) is 37.8 Å². The van der Waals surface area contributed by atoms with E-state index >= 15 is 0 Å². The molecule has 0 spiro atoms. The van der Waals surface area contributed by atoms with E-state index in [1.54, 1.807) is 0 Å². The Morgan fingerprint density at radius 2 is 1.90 bits per heavy atom. The van der Waals surface area contributed by atoms with Gasteiger partial charge in [-0.3, -0.25) is 9.59 Å². The van der Waals surface area contributed by atoms with Crippen LogP contribution in [0.15, 0.2) is 0 Å². The topological polar surface area (TPSA) is 88.3 Å². The maximum atomic E-state index is 12.7. The maximum absolute atomic E-state index is 12.7. The predicted octanol–water partition coefficient (Wildman–Crippen LogP) is 0.360. The number of aliphatic carboxylic acids is 1. The van der Waals surface area contributed by atoms with E-state index in [2.05, 4.69) is 10.2 Å². The molecule has 1 aliphatic heterocycles. The summed E-state index contributed by atoms with van der Waals surface area (Å²) >= 11 is 0. The van der Waals surface area contributed by atoms with Crippen molar-refractivity contribution >= 4 is 11.9 Å². The third-order valence-corrected chi connectivity index (χ3v) is 3.74. The van der Waals surface area contributed by atoms with Gasteiger partial charge in [-0.1, -0.05) is 0 Å². The van der Waals surface area contributed by atoms with Crippen molar-refractivity contribution in [2.75, 3.05) is 6.54 Å². The molecule has 0 saturated heterocycles. The van der Waals surface area contributed by atoms with Gasteiger partial charge in [-0.15, -0.1) is 10.2 Å². The molecule has 1 fully saturated rings. The zero-order valence-electron chi connectivity index (χ0n) is 10.7. The first-order valence-corrected chi connectivity index (χ1v) is 6.30. The van der Waals surface area contributed by atoms with Gasteiger partial charge in [0.1, 0.15) is 0 Å². The Hall–Kier alpha value is -2.13. The number of aromatic nitrogens is 3. The van der Waals surface area contributed by atoms with Crippen LogP contribution < -0.4 is 0 Å². The molecule has 0 bridgehead atoms. The Labute approximate surface area is 116 Å². The van der Waals surface area contributed by atoms with E-state index in [1.807, 2.05) is 0 Å². The number of nitrogens with zero attached hydrogens (tertiary/aromatic N) is 4. The largest absolute Gasteiger partial charge is 0.481 e. The number of halogens is 3. The van der Waals surface area contributed by atoms with E-state index in [4.69, 9.17) is 5.11 Å². The van der Waals surface area contributed by atoms with Crippen molar-refractivity contribution in [3.8, 4) is 0 Å². The summed E-state index contributed by atoms with van der Waals surface area (Å²) in [6.07, 6.45) is -4.30. The molecule has 21 heavy (non-hydrogen) atoms. The first-order valence-electron chi connectivity index (χ1n) is 6.30. The number of alkyl halides is 3. The number of hydrogen-bond acceptors (Lipinski definition) is 4. The van der Waals surface area contributed by atoms with Gasteiger partial charge < -0.3 is 14.6 Å². The fourth-order valence-electron chi connectivity index (χ4n) is 2.53. The van der Waals surface area contributed by atoms with E-state index in [0.717, 1.165) is 4.57 Å². The van der Waals surface area contributed by atoms with Gasteiger partial charge in [0.25, 0.3) is 0 Å². The van der Waals surface area contributed by atoms with Gasteiger partial charge >= 0.3 is 12.1 Å². The Morgan fingerprint density at radius 1 is 1.19 bits per heavy atom. The molecule has 3 rings (SSSR count). The Balaban J connectivity index is 1.73. The predicted molar refractivity (Wildman–Crippen MR) is 59.7 cm³/mol. The number of carbonyl (C=O) groups excluding carboxylic acids is 1. The standard InChI is InChI=1S/C11H11F3N4O3/c12-11(13,14)10-16-15-7-4-17(1-2-18(7)10)8(19)5-3-6(5)9(20)21/h5-6H,1-4H2,(H,20,21)/t5-,6+/m1/s1. The molecular formula is C11H11F3N4O3. The highest BCUT2D eigenvalue weighted by Crippen LogP contribution is 2.40. The van der Waals surface area contributed by atoms with Crippen molar-refractivity contribution in [1.82, 2.24) is 19.7 Å². The summed E-state index contributed by atoms with van der Waals surface area (Å²) in [5.41, 5.74) is 0. The van der Waals surface area contributed by atoms with Crippen molar-refractivity contribution in [1.29, 1.82) is 0 Å². The molecule has 114 valence electrons. The van der Waals surface area contributed by atoms with E-state index < -0.39 is 29.8 Å². The molecule has 0 radical (unpaired) electrons. The second kappa shape index (κ2) is 4.43. The first kappa shape index (κ1) is 13.8. The Kier molecular flexibility index (Phi) is 2.92. The molecule has 1 amide bonds. The molecule has 10 heteroatoms. The summed E-state index contributed by atoms with van der Waals surface area (Å²) in [6.45, 7) is -0.0338. The lowest BCUT2D eigenvalue weighted by atomic mass is 10.2. The van der Waals surface area contributed by atoms with Crippen LogP contribution in [0.3, 0.4) is 0 Å². The van der Waals surface area contributed by atoms with E-state index in [1.165, 1.54) is 4.90 Å². The van der Waals surface area contributed by atoms with Crippen LogP contribution in [0.1, 0.15) is 18.1 Å². The number of amides is 1. The van der Waals surface area contributed by atoms with Crippen molar-refractivity contribution in [2.45, 2.75) is 25.7 Å². The first-order chi connectivity index (χ1) is 9.79. The third-order valence-electron chi connectivity index (χ3n) is 3.74. The van der Waals surface area contributed by atoms with E-state index in [0.29, 0.717) is 0 Å². The number of hydrogen-bond donors (Lipinski definition) is 1. The average molecular weight is 304 g/mol. The van der Waals surface area contributed by atoms with Crippen molar-refractivity contribution in [3.63, 3.8) is 0 Å². The molecule has 7 nitrogen and oxygen atoms in total. The molecule has 0 unspecified atom stereocenters. The minimum absolute atomic E-state index is 0.0482. The zero-order chi connectivity index (χ0) is 15.4. The van der Waals surface area contributed by atoms with Gasteiger partial charge in [0, 0.05) is 13.1 Å². The van der Waals surface area contributed by atoms with Crippen LogP contribution in [0.25, 0.3) is 0 Å². The molecule has 2 aliphatic rings. The lowest BCUT2D eigenvalue weighted by Crippen LogP contribution is -2.40. The van der Waals surface area contributed by atoms with Crippen LogP contribution >= 0.6 is 0 Å². The Bertz CT molecular complexity index is 612. The summed E-state index contributed by atoms with van der Waals surface area (Å²) in [6, 6.07) is 0. The number of rotatable bonds is 2. The molecule has 1 saturated carbocycles. The van der Waals surface area contributed by atoms with Crippen LogP contribution in [-0.2, 0) is 28.9 Å². The quantitative estimate of drug-likeness (QED) is 0.852. The summed E-state index contributed by atoms with van der Waals surface area (Å²) in [5.74, 6) is -3.62. The van der Waals surface area contributed by atoms with Crippen LogP contribution in [0, 0.1) is 11.8 Å². The summed E-state index contributed by atoms with van der Waals surface area (Å²) in [7, 11) is 0. The minimum atomic E-state index is -4.58. The minimum Gasteiger partial charge on any atom is -0.481 e. The highest BCUT2D eigenvalue weighted by atomic mass is 19.4. The molecular weight excluding hydrogens is 293 g/mol. The molecule has 2 atom stereocenters. The summed E-state index contributed by atoms with van der Waals surface area (Å²) in [4.78, 5) is 24.2. The van der Waals surface area contributed by atoms with Gasteiger partial charge in [0.2, 0.25) is 11.7 Å². The van der Waals surface area contributed by atoms with Crippen LogP contribution in [0.5, 0.6) is 0 Å². The van der Waals surface area contributed by atoms with Gasteiger partial charge in [-0.25, -0.2) is 0 Å². The monoisotopic (exact) mass is 304 g/mol. The summed E-state index contributed by atoms with van der Waals surface area (Å²) < 4.78 is 39.0. The smallest absolute Gasteiger partial charge is 0.451 e. The molecule has 2 heterocycles. The molecule has 1 aromatic heterocycles. The molecule has 1 aliphatic carbocycles. The fraction of sp³-hybridized carbons (Fsp3) is 0.636. The summed E-state index contributed by atoms with van der Waals surface area (Å²) in [5, 5.41) is 15.4. The van der Waals surface area contributed by atoms with Crippen molar-refractivity contribution in [2.24, 2.45) is 11.8 Å². The third kappa shape index (κ3) is 2.34. The highest BCUT2D eigenvalue weighted by molar-refractivity contribution is 5.89. The fourth-order valence-corrected chi connectivity index (χ4v) is 2.53. The van der Waals surface area contributed by atoms with Crippen LogP contribution in [-0.4, -0.2) is 43.2 Å². The lowest BCUT2D eigenvalue weighted by Gasteiger charge is -2.28. The SMILES string of the molecule is O=C(O)[C@H]1C[C@H]1C(=O)N1CCn2c(nnc2C(F)(F)F)C1. The van der Waals surface area contributed by atoms with Crippen molar-refractivity contribution in [3.05, 3.63) is 11.6 Å². The Morgan fingerprint density at radius 3 is 2.48 bits per heavy atom. The lowest BCUT2D eigenvalue weighted by molar-refractivity contribution is -0.148. The highest BCUT2D eigenvalue weighted by Gasteiger charge is 2.50. The number of carbonyl (C=O) groups is 2. The number of carboxylic acid groups (broad SMARTS) is 1. The average Bonchev–Trinajstić information content (AvgIpc) is 3.08. The zero-order valence-corrected chi connectivity index (χ0v) is 10.7. The molecule has 1 N–H and O–H groups in total. The number of fused-ring (bicyclic) bond motifs is 1. The maximum Gasteiger partial charge on any atom is 0.451 e. The second-order valence-corrected chi connectivity index (χ2v) is 5.14. The second-order valence-electron chi connectivity index (χ2n) is 5.14.